The number of alkyl halides is 3. The summed E-state index contributed by atoms with van der Waals surface area (Å²) in [6.45, 7) is 0. The third kappa shape index (κ3) is 3.30. The summed E-state index contributed by atoms with van der Waals surface area (Å²) >= 11 is 0. The molecule has 0 saturated heterocycles. The summed E-state index contributed by atoms with van der Waals surface area (Å²) in [5.74, 6) is 0.0729. The molecule has 1 aliphatic rings. The van der Waals surface area contributed by atoms with E-state index < -0.39 is 6.36 Å². The molecule has 1 rings (SSSR count). The molecule has 1 aliphatic carbocycles. The van der Waals surface area contributed by atoms with Crippen molar-refractivity contribution in [2.45, 2.75) is 32.0 Å². The molecule has 0 spiro atoms. The van der Waals surface area contributed by atoms with Gasteiger partial charge in [0, 0.05) is 6.42 Å². The van der Waals surface area contributed by atoms with E-state index in [2.05, 4.69) is 4.74 Å². The molecule has 0 aliphatic heterocycles. The Morgan fingerprint density at radius 3 is 2.45 bits per heavy atom. The highest BCUT2D eigenvalue weighted by molar-refractivity contribution is 4.96. The summed E-state index contributed by atoms with van der Waals surface area (Å²) in [6.07, 6.45) is -0.127. The summed E-state index contributed by atoms with van der Waals surface area (Å²) in [5, 5.41) is 0. The van der Waals surface area contributed by atoms with Crippen molar-refractivity contribution in [3.05, 3.63) is 11.8 Å². The quantitative estimate of drug-likeness (QED) is 0.581. The lowest BCUT2D eigenvalue weighted by Crippen LogP contribution is -2.13. The van der Waals surface area contributed by atoms with Crippen LogP contribution in [0.1, 0.15) is 25.7 Å². The SMILES string of the molecule is FC(F)(F)OC1=CCCCC1. The predicted octanol–water partition coefficient (Wildman–Crippen LogP) is 2.98. The van der Waals surface area contributed by atoms with Crippen LogP contribution in [0.25, 0.3) is 0 Å². The Morgan fingerprint density at radius 1 is 1.27 bits per heavy atom. The van der Waals surface area contributed by atoms with Gasteiger partial charge in [-0.1, -0.05) is 0 Å². The average Bonchev–Trinajstić information content (AvgIpc) is 1.85. The first-order valence-corrected chi connectivity index (χ1v) is 3.53. The van der Waals surface area contributed by atoms with Crippen molar-refractivity contribution in [1.82, 2.24) is 0 Å². The summed E-state index contributed by atoms with van der Waals surface area (Å²) in [7, 11) is 0. The van der Waals surface area contributed by atoms with Crippen molar-refractivity contribution in [2.24, 2.45) is 0 Å². The second-order valence-electron chi connectivity index (χ2n) is 2.46. The fraction of sp³-hybridized carbons (Fsp3) is 0.714. The summed E-state index contributed by atoms with van der Waals surface area (Å²) < 4.78 is 38.5. The minimum atomic E-state index is -4.51. The maximum absolute atomic E-state index is 11.6. The molecule has 0 heterocycles. The van der Waals surface area contributed by atoms with Crippen LogP contribution in [-0.2, 0) is 4.74 Å². The lowest BCUT2D eigenvalue weighted by atomic mass is 10.1. The fourth-order valence-electron chi connectivity index (χ4n) is 1.05. The lowest BCUT2D eigenvalue weighted by Gasteiger charge is -2.15. The van der Waals surface area contributed by atoms with Crippen LogP contribution in [0.2, 0.25) is 0 Å². The highest BCUT2D eigenvalue weighted by Gasteiger charge is 2.32. The molecule has 64 valence electrons. The van der Waals surface area contributed by atoms with Crippen molar-refractivity contribution < 1.29 is 17.9 Å². The van der Waals surface area contributed by atoms with Crippen LogP contribution in [0.15, 0.2) is 11.8 Å². The molecule has 0 atom stereocenters. The molecular weight excluding hydrogens is 157 g/mol. The maximum Gasteiger partial charge on any atom is 0.572 e. The van der Waals surface area contributed by atoms with Gasteiger partial charge in [-0.25, -0.2) is 0 Å². The van der Waals surface area contributed by atoms with Gasteiger partial charge in [0.05, 0.1) is 0 Å². The molecule has 1 nitrogen and oxygen atoms in total. The normalized spacial score (nSPS) is 19.4. The monoisotopic (exact) mass is 166 g/mol. The van der Waals surface area contributed by atoms with Crippen molar-refractivity contribution in [1.29, 1.82) is 0 Å². The molecular formula is C7H9F3O. The molecule has 0 radical (unpaired) electrons. The van der Waals surface area contributed by atoms with E-state index >= 15 is 0 Å². The Labute approximate surface area is 62.8 Å². The van der Waals surface area contributed by atoms with Gasteiger partial charge in [0.2, 0.25) is 0 Å². The zero-order chi connectivity index (χ0) is 8.32. The maximum atomic E-state index is 11.6. The summed E-state index contributed by atoms with van der Waals surface area (Å²) in [5.41, 5.74) is 0. The van der Waals surface area contributed by atoms with E-state index in [1.165, 1.54) is 6.08 Å². The van der Waals surface area contributed by atoms with Gasteiger partial charge in [-0.3, -0.25) is 0 Å². The second kappa shape index (κ2) is 3.15. The third-order valence-corrected chi connectivity index (χ3v) is 1.50. The molecule has 0 saturated carbocycles. The van der Waals surface area contributed by atoms with Gasteiger partial charge in [0.25, 0.3) is 0 Å². The largest absolute Gasteiger partial charge is 0.572 e. The molecule has 0 aromatic rings. The average molecular weight is 166 g/mol. The van der Waals surface area contributed by atoms with Crippen molar-refractivity contribution in [2.75, 3.05) is 0 Å². The van der Waals surface area contributed by atoms with Crippen LogP contribution in [0.4, 0.5) is 13.2 Å². The van der Waals surface area contributed by atoms with Crippen molar-refractivity contribution in [3.63, 3.8) is 0 Å². The Balaban J connectivity index is 2.42. The van der Waals surface area contributed by atoms with E-state index in [0.717, 1.165) is 12.8 Å². The Bertz CT molecular complexity index is 160. The van der Waals surface area contributed by atoms with Crippen LogP contribution in [0.3, 0.4) is 0 Å². The zero-order valence-electron chi connectivity index (χ0n) is 5.95. The minimum Gasteiger partial charge on any atom is -0.411 e. The second-order valence-corrected chi connectivity index (χ2v) is 2.46. The number of halogens is 3. The van der Waals surface area contributed by atoms with Gasteiger partial charge in [-0.05, 0) is 25.3 Å². The minimum absolute atomic E-state index is 0.0729. The topological polar surface area (TPSA) is 9.23 Å². The number of hydrogen-bond acceptors (Lipinski definition) is 1. The molecule has 0 amide bonds. The molecule has 0 unspecified atom stereocenters. The van der Waals surface area contributed by atoms with Crippen LogP contribution in [-0.4, -0.2) is 6.36 Å². The van der Waals surface area contributed by atoms with Gasteiger partial charge in [0.1, 0.15) is 5.76 Å². The molecule has 0 aromatic heterocycles. The number of ether oxygens (including phenoxy) is 1. The van der Waals surface area contributed by atoms with Crippen molar-refractivity contribution >= 4 is 0 Å². The smallest absolute Gasteiger partial charge is 0.411 e. The predicted molar refractivity (Wildman–Crippen MR) is 33.7 cm³/mol. The van der Waals surface area contributed by atoms with Crippen LogP contribution in [0, 0.1) is 0 Å². The Hall–Kier alpha value is -0.670. The zero-order valence-corrected chi connectivity index (χ0v) is 5.95. The van der Waals surface area contributed by atoms with Crippen LogP contribution < -0.4 is 0 Å². The summed E-state index contributed by atoms with van der Waals surface area (Å²) in [6, 6.07) is 0. The van der Waals surface area contributed by atoms with E-state index in [-0.39, 0.29) is 5.76 Å². The summed E-state index contributed by atoms with van der Waals surface area (Å²) in [4.78, 5) is 0. The van der Waals surface area contributed by atoms with E-state index in [1.807, 2.05) is 0 Å². The number of allylic oxidation sites excluding steroid dienone is 2. The first kappa shape index (κ1) is 8.43. The first-order valence-electron chi connectivity index (χ1n) is 3.53. The molecule has 0 aromatic carbocycles. The molecule has 11 heavy (non-hydrogen) atoms. The van der Waals surface area contributed by atoms with E-state index in [9.17, 15) is 13.2 Å². The molecule has 0 N–H and O–H groups in total. The van der Waals surface area contributed by atoms with E-state index in [4.69, 9.17) is 0 Å². The molecule has 0 fully saturated rings. The Kier molecular flexibility index (Phi) is 2.42. The van der Waals surface area contributed by atoms with Crippen LogP contribution in [0.5, 0.6) is 0 Å². The van der Waals surface area contributed by atoms with Gasteiger partial charge >= 0.3 is 6.36 Å². The van der Waals surface area contributed by atoms with E-state index in [0.29, 0.717) is 12.8 Å². The number of hydrogen-bond donors (Lipinski definition) is 0. The van der Waals surface area contributed by atoms with Gasteiger partial charge < -0.3 is 4.74 Å². The lowest BCUT2D eigenvalue weighted by molar-refractivity contribution is -0.306. The van der Waals surface area contributed by atoms with Gasteiger partial charge in [0.15, 0.2) is 0 Å². The molecule has 4 heteroatoms. The van der Waals surface area contributed by atoms with Crippen molar-refractivity contribution in [3.8, 4) is 0 Å². The van der Waals surface area contributed by atoms with Gasteiger partial charge in [-0.15, -0.1) is 13.2 Å². The Morgan fingerprint density at radius 2 is 2.00 bits per heavy atom. The van der Waals surface area contributed by atoms with Crippen LogP contribution >= 0.6 is 0 Å². The highest BCUT2D eigenvalue weighted by atomic mass is 19.4. The van der Waals surface area contributed by atoms with Gasteiger partial charge in [-0.2, -0.15) is 0 Å². The fourth-order valence-corrected chi connectivity index (χ4v) is 1.05. The third-order valence-electron chi connectivity index (χ3n) is 1.50. The number of rotatable bonds is 1. The first-order chi connectivity index (χ1) is 5.08. The van der Waals surface area contributed by atoms with E-state index in [1.54, 1.807) is 0 Å². The highest BCUT2D eigenvalue weighted by Crippen LogP contribution is 2.26. The molecule has 0 bridgehead atoms. The standard InChI is InChI=1S/C7H9F3O/c8-7(9,10)11-6-4-2-1-3-5-6/h4H,1-3,5H2.